The number of aromatic carboxylic acids is 1. The van der Waals surface area contributed by atoms with Gasteiger partial charge in [-0.1, -0.05) is 23.4 Å². The number of rotatable bonds is 4. The Bertz CT molecular complexity index is 636. The summed E-state index contributed by atoms with van der Waals surface area (Å²) in [5.41, 5.74) is 0.973. The van der Waals surface area contributed by atoms with Crippen LogP contribution in [0.4, 0.5) is 5.69 Å². The largest absolute Gasteiger partial charge is 0.476 e. The van der Waals surface area contributed by atoms with Crippen LogP contribution in [0, 0.1) is 6.92 Å². The molecule has 1 aromatic carbocycles. The van der Waals surface area contributed by atoms with Gasteiger partial charge in [-0.15, -0.1) is 5.10 Å². The van der Waals surface area contributed by atoms with E-state index >= 15 is 0 Å². The predicted molar refractivity (Wildman–Crippen MR) is 71.6 cm³/mol. The molecule has 7 heteroatoms. The molecule has 0 spiro atoms. The summed E-state index contributed by atoms with van der Waals surface area (Å²) in [4.78, 5) is 24.5. The molecular weight excluding hydrogens is 260 g/mol. The minimum atomic E-state index is -1.15. The van der Waals surface area contributed by atoms with Gasteiger partial charge in [-0.3, -0.25) is 4.79 Å². The van der Waals surface area contributed by atoms with Crippen molar-refractivity contribution in [2.75, 3.05) is 11.9 Å². The molecule has 104 valence electrons. The first-order valence-corrected chi connectivity index (χ1v) is 5.95. The molecule has 0 saturated carbocycles. The number of carboxylic acid groups (broad SMARTS) is 1. The summed E-state index contributed by atoms with van der Waals surface area (Å²) >= 11 is 0. The fraction of sp³-hybridized carbons (Fsp3) is 0.231. The molecule has 1 N–H and O–H groups in total. The van der Waals surface area contributed by atoms with E-state index in [-0.39, 0.29) is 18.1 Å². The van der Waals surface area contributed by atoms with E-state index in [0.29, 0.717) is 5.69 Å². The van der Waals surface area contributed by atoms with Crippen molar-refractivity contribution in [2.24, 2.45) is 0 Å². The second kappa shape index (κ2) is 5.52. The predicted octanol–water partition coefficient (Wildman–Crippen LogP) is 0.948. The number of carbonyl (C=O) groups excluding carboxylic acids is 1. The van der Waals surface area contributed by atoms with Crippen LogP contribution in [0.15, 0.2) is 30.3 Å². The van der Waals surface area contributed by atoms with Crippen molar-refractivity contribution in [3.63, 3.8) is 0 Å². The highest BCUT2D eigenvalue weighted by Gasteiger charge is 2.18. The van der Waals surface area contributed by atoms with Gasteiger partial charge in [0.15, 0.2) is 5.69 Å². The van der Waals surface area contributed by atoms with Gasteiger partial charge in [-0.25, -0.2) is 9.48 Å². The monoisotopic (exact) mass is 274 g/mol. The van der Waals surface area contributed by atoms with Crippen LogP contribution < -0.4 is 4.90 Å². The average Bonchev–Trinajstić information content (AvgIpc) is 2.80. The standard InChI is InChI=1S/C13H14N4O3/c1-9-12(13(19)20)14-15-17(9)8-11(18)16(2)10-6-4-3-5-7-10/h3-7H,8H2,1-2H3,(H,19,20). The van der Waals surface area contributed by atoms with Crippen molar-refractivity contribution in [3.05, 3.63) is 41.7 Å². The van der Waals surface area contributed by atoms with E-state index in [1.54, 1.807) is 14.0 Å². The number of anilines is 1. The second-order valence-electron chi connectivity index (χ2n) is 4.27. The Morgan fingerprint density at radius 1 is 1.30 bits per heavy atom. The minimum absolute atomic E-state index is 0.0580. The molecular formula is C13H14N4O3. The normalized spacial score (nSPS) is 10.3. The Hall–Kier alpha value is -2.70. The van der Waals surface area contributed by atoms with E-state index in [9.17, 15) is 9.59 Å². The molecule has 0 aliphatic heterocycles. The number of carbonyl (C=O) groups is 2. The Kier molecular flexibility index (Phi) is 3.79. The number of benzene rings is 1. The fourth-order valence-corrected chi connectivity index (χ4v) is 1.74. The summed E-state index contributed by atoms with van der Waals surface area (Å²) in [5, 5.41) is 16.1. The number of amides is 1. The Morgan fingerprint density at radius 2 is 1.95 bits per heavy atom. The molecule has 0 atom stereocenters. The summed E-state index contributed by atoms with van der Waals surface area (Å²) in [7, 11) is 1.65. The molecule has 1 aromatic heterocycles. The molecule has 20 heavy (non-hydrogen) atoms. The first kappa shape index (κ1) is 13.7. The number of aromatic nitrogens is 3. The van der Waals surface area contributed by atoms with E-state index in [1.165, 1.54) is 9.58 Å². The van der Waals surface area contributed by atoms with Gasteiger partial charge in [0, 0.05) is 12.7 Å². The van der Waals surface area contributed by atoms with Gasteiger partial charge in [-0.2, -0.15) is 0 Å². The molecule has 1 heterocycles. The quantitative estimate of drug-likeness (QED) is 0.896. The number of nitrogens with zero attached hydrogens (tertiary/aromatic N) is 4. The number of para-hydroxylation sites is 1. The van der Waals surface area contributed by atoms with E-state index in [1.807, 2.05) is 30.3 Å². The lowest BCUT2D eigenvalue weighted by atomic mass is 10.3. The van der Waals surface area contributed by atoms with Crippen LogP contribution in [0.1, 0.15) is 16.2 Å². The SMILES string of the molecule is Cc1c(C(=O)O)nnn1CC(=O)N(C)c1ccccc1. The zero-order valence-electron chi connectivity index (χ0n) is 11.1. The van der Waals surface area contributed by atoms with Crippen molar-refractivity contribution in [2.45, 2.75) is 13.5 Å². The van der Waals surface area contributed by atoms with Crippen LogP contribution >= 0.6 is 0 Å². The lowest BCUT2D eigenvalue weighted by Crippen LogP contribution is -2.30. The average molecular weight is 274 g/mol. The van der Waals surface area contributed by atoms with Gasteiger partial charge in [0.1, 0.15) is 6.54 Å². The third kappa shape index (κ3) is 2.66. The second-order valence-corrected chi connectivity index (χ2v) is 4.27. The van der Waals surface area contributed by atoms with Crippen LogP contribution in [0.25, 0.3) is 0 Å². The summed E-state index contributed by atoms with van der Waals surface area (Å²) in [6.07, 6.45) is 0. The van der Waals surface area contributed by atoms with E-state index in [2.05, 4.69) is 10.3 Å². The Morgan fingerprint density at radius 3 is 2.50 bits per heavy atom. The molecule has 0 saturated heterocycles. The molecule has 0 unspecified atom stereocenters. The van der Waals surface area contributed by atoms with Crippen molar-refractivity contribution in [1.82, 2.24) is 15.0 Å². The lowest BCUT2D eigenvalue weighted by molar-refractivity contribution is -0.119. The van der Waals surface area contributed by atoms with Gasteiger partial charge in [0.05, 0.1) is 5.69 Å². The van der Waals surface area contributed by atoms with E-state index < -0.39 is 5.97 Å². The highest BCUT2D eigenvalue weighted by atomic mass is 16.4. The number of hydrogen-bond donors (Lipinski definition) is 1. The summed E-state index contributed by atoms with van der Waals surface area (Å²) < 4.78 is 1.28. The molecule has 2 aromatic rings. The smallest absolute Gasteiger partial charge is 0.358 e. The minimum Gasteiger partial charge on any atom is -0.476 e. The van der Waals surface area contributed by atoms with Crippen molar-refractivity contribution < 1.29 is 14.7 Å². The first-order chi connectivity index (χ1) is 9.50. The lowest BCUT2D eigenvalue weighted by Gasteiger charge is -2.17. The third-order valence-electron chi connectivity index (χ3n) is 2.99. The van der Waals surface area contributed by atoms with E-state index in [4.69, 9.17) is 5.11 Å². The topological polar surface area (TPSA) is 88.3 Å². The maximum atomic E-state index is 12.1. The number of hydrogen-bond acceptors (Lipinski definition) is 4. The zero-order valence-corrected chi connectivity index (χ0v) is 11.1. The van der Waals surface area contributed by atoms with Gasteiger partial charge in [0.2, 0.25) is 5.91 Å². The molecule has 7 nitrogen and oxygen atoms in total. The van der Waals surface area contributed by atoms with Crippen molar-refractivity contribution >= 4 is 17.6 Å². The summed E-state index contributed by atoms with van der Waals surface area (Å²) in [6.45, 7) is 1.51. The third-order valence-corrected chi connectivity index (χ3v) is 2.99. The molecule has 2 rings (SSSR count). The maximum absolute atomic E-state index is 12.1. The van der Waals surface area contributed by atoms with E-state index in [0.717, 1.165) is 5.69 Å². The van der Waals surface area contributed by atoms with Crippen molar-refractivity contribution in [1.29, 1.82) is 0 Å². The highest BCUT2D eigenvalue weighted by Crippen LogP contribution is 2.12. The maximum Gasteiger partial charge on any atom is 0.358 e. The van der Waals surface area contributed by atoms with Crippen LogP contribution in [0.3, 0.4) is 0 Å². The molecule has 0 aliphatic rings. The number of likely N-dealkylation sites (N-methyl/N-ethyl adjacent to an activating group) is 1. The van der Waals surface area contributed by atoms with Gasteiger partial charge in [-0.05, 0) is 19.1 Å². The summed E-state index contributed by atoms with van der Waals surface area (Å²) in [6, 6.07) is 9.16. The molecule has 0 fully saturated rings. The number of carboxylic acids is 1. The molecule has 0 aliphatic carbocycles. The van der Waals surface area contributed by atoms with Crippen molar-refractivity contribution in [3.8, 4) is 0 Å². The van der Waals surface area contributed by atoms with Crippen LogP contribution in [-0.4, -0.2) is 39.0 Å². The van der Waals surface area contributed by atoms with Crippen LogP contribution in [0.5, 0.6) is 0 Å². The van der Waals surface area contributed by atoms with Gasteiger partial charge < -0.3 is 10.0 Å². The summed E-state index contributed by atoms with van der Waals surface area (Å²) in [5.74, 6) is -1.36. The highest BCUT2D eigenvalue weighted by molar-refractivity contribution is 5.92. The van der Waals surface area contributed by atoms with Gasteiger partial charge in [0.25, 0.3) is 0 Å². The van der Waals surface area contributed by atoms with Crippen LogP contribution in [0.2, 0.25) is 0 Å². The molecule has 1 amide bonds. The van der Waals surface area contributed by atoms with Crippen LogP contribution in [-0.2, 0) is 11.3 Å². The first-order valence-electron chi connectivity index (χ1n) is 5.95. The Labute approximate surface area is 115 Å². The molecule has 0 radical (unpaired) electrons. The van der Waals surface area contributed by atoms with Gasteiger partial charge >= 0.3 is 5.97 Å². The molecule has 0 bridgehead atoms. The Balaban J connectivity index is 2.14. The fourth-order valence-electron chi connectivity index (χ4n) is 1.74. The zero-order chi connectivity index (χ0) is 14.7.